The molecule has 2 aromatic rings. The van der Waals surface area contributed by atoms with Crippen LogP contribution in [0.2, 0.25) is 0 Å². The van der Waals surface area contributed by atoms with E-state index in [0.717, 1.165) is 18.4 Å². The zero-order valence-electron chi connectivity index (χ0n) is 12.4. The molecule has 1 aromatic heterocycles. The first-order valence-corrected chi connectivity index (χ1v) is 7.31. The van der Waals surface area contributed by atoms with Gasteiger partial charge in [-0.15, -0.1) is 0 Å². The van der Waals surface area contributed by atoms with Crippen LogP contribution in [0.4, 0.5) is 10.3 Å². The lowest BCUT2D eigenvalue weighted by atomic mass is 9.75. The highest BCUT2D eigenvalue weighted by atomic mass is 19.1. The molecule has 0 radical (unpaired) electrons. The van der Waals surface area contributed by atoms with Crippen LogP contribution in [0.15, 0.2) is 12.1 Å². The number of benzene rings is 1. The summed E-state index contributed by atoms with van der Waals surface area (Å²) in [4.78, 5) is 4.34. The van der Waals surface area contributed by atoms with E-state index in [0.29, 0.717) is 28.5 Å². The number of nitrogens with zero attached hydrogens (tertiary/aromatic N) is 2. The predicted molar refractivity (Wildman–Crippen MR) is 80.1 cm³/mol. The fourth-order valence-corrected chi connectivity index (χ4v) is 3.50. The second-order valence-corrected chi connectivity index (χ2v) is 6.84. The molecule has 1 aliphatic carbocycles. The molecular formula is C16H22FN3. The zero-order chi connectivity index (χ0) is 14.5. The monoisotopic (exact) mass is 275 g/mol. The third kappa shape index (κ3) is 2.17. The molecule has 0 bridgehead atoms. The lowest BCUT2D eigenvalue weighted by Crippen LogP contribution is -2.25. The Labute approximate surface area is 119 Å². The summed E-state index contributed by atoms with van der Waals surface area (Å²) in [6, 6.07) is 3.73. The van der Waals surface area contributed by atoms with Gasteiger partial charge >= 0.3 is 0 Å². The van der Waals surface area contributed by atoms with Crippen molar-refractivity contribution in [2.24, 2.45) is 5.41 Å². The van der Waals surface area contributed by atoms with Crippen LogP contribution in [0.25, 0.3) is 11.0 Å². The molecule has 1 atom stereocenters. The highest BCUT2D eigenvalue weighted by Crippen LogP contribution is 2.43. The quantitative estimate of drug-likeness (QED) is 0.847. The number of nitrogen functional groups attached to an aromatic ring is 1. The highest BCUT2D eigenvalue weighted by molar-refractivity contribution is 5.79. The first kappa shape index (κ1) is 13.4. The fraction of sp³-hybridized carbons (Fsp3) is 0.562. The molecule has 1 aromatic carbocycles. The summed E-state index contributed by atoms with van der Waals surface area (Å²) in [6.45, 7) is 6.39. The van der Waals surface area contributed by atoms with Crippen LogP contribution in [0.5, 0.6) is 0 Å². The standard InChI is InChI=1S/C16H22FN3/c1-10-7-14-13(8-12(10)17)19-15(18)20(14)11-5-4-6-16(2,3)9-11/h7-8,11H,4-6,9H2,1-3H3,(H2,18,19). The lowest BCUT2D eigenvalue weighted by Gasteiger charge is -2.36. The summed E-state index contributed by atoms with van der Waals surface area (Å²) >= 11 is 0. The number of hydrogen-bond acceptors (Lipinski definition) is 2. The van der Waals surface area contributed by atoms with E-state index in [4.69, 9.17) is 5.73 Å². The van der Waals surface area contributed by atoms with Crippen molar-refractivity contribution in [1.82, 2.24) is 9.55 Å². The Hall–Kier alpha value is -1.58. The third-order valence-electron chi connectivity index (χ3n) is 4.54. The largest absolute Gasteiger partial charge is 0.369 e. The number of aromatic nitrogens is 2. The maximum atomic E-state index is 13.7. The van der Waals surface area contributed by atoms with Crippen molar-refractivity contribution in [2.75, 3.05) is 5.73 Å². The van der Waals surface area contributed by atoms with Crippen molar-refractivity contribution in [3.63, 3.8) is 0 Å². The Bertz CT molecular complexity index is 657. The molecule has 108 valence electrons. The molecule has 1 aliphatic rings. The molecule has 2 N–H and O–H groups in total. The van der Waals surface area contributed by atoms with Gasteiger partial charge in [-0.1, -0.05) is 20.3 Å². The van der Waals surface area contributed by atoms with E-state index in [1.807, 2.05) is 6.07 Å². The summed E-state index contributed by atoms with van der Waals surface area (Å²) in [7, 11) is 0. The van der Waals surface area contributed by atoms with Crippen molar-refractivity contribution in [3.8, 4) is 0 Å². The normalized spacial score (nSPS) is 22.3. The number of rotatable bonds is 1. The van der Waals surface area contributed by atoms with Gasteiger partial charge in [-0.25, -0.2) is 9.37 Å². The zero-order valence-corrected chi connectivity index (χ0v) is 12.4. The van der Waals surface area contributed by atoms with Crippen molar-refractivity contribution in [3.05, 3.63) is 23.5 Å². The molecule has 3 rings (SSSR count). The molecule has 0 saturated heterocycles. The van der Waals surface area contributed by atoms with Crippen molar-refractivity contribution >= 4 is 17.0 Å². The van der Waals surface area contributed by atoms with Crippen molar-refractivity contribution in [1.29, 1.82) is 0 Å². The van der Waals surface area contributed by atoms with E-state index < -0.39 is 0 Å². The first-order valence-electron chi connectivity index (χ1n) is 7.31. The molecule has 0 amide bonds. The average Bonchev–Trinajstić information content (AvgIpc) is 2.64. The van der Waals surface area contributed by atoms with Crippen molar-refractivity contribution < 1.29 is 4.39 Å². The van der Waals surface area contributed by atoms with E-state index >= 15 is 0 Å². The van der Waals surface area contributed by atoms with Gasteiger partial charge in [0.15, 0.2) is 0 Å². The molecule has 1 saturated carbocycles. The highest BCUT2D eigenvalue weighted by Gasteiger charge is 2.30. The Morgan fingerprint density at radius 2 is 2.15 bits per heavy atom. The van der Waals surface area contributed by atoms with Crippen molar-refractivity contribution in [2.45, 2.75) is 52.5 Å². The van der Waals surface area contributed by atoms with Gasteiger partial charge in [0.2, 0.25) is 5.95 Å². The number of imidazole rings is 1. The van der Waals surface area contributed by atoms with Gasteiger partial charge in [-0.05, 0) is 43.2 Å². The number of anilines is 1. The second-order valence-electron chi connectivity index (χ2n) is 6.84. The van der Waals surface area contributed by atoms with Gasteiger partial charge in [0.05, 0.1) is 11.0 Å². The molecule has 3 nitrogen and oxygen atoms in total. The van der Waals surface area contributed by atoms with E-state index in [9.17, 15) is 4.39 Å². The van der Waals surface area contributed by atoms with Gasteiger partial charge in [0, 0.05) is 12.1 Å². The van der Waals surface area contributed by atoms with Crippen LogP contribution in [0.3, 0.4) is 0 Å². The minimum atomic E-state index is -0.217. The van der Waals surface area contributed by atoms with Crippen LogP contribution in [0, 0.1) is 18.2 Å². The topological polar surface area (TPSA) is 43.8 Å². The number of aryl methyl sites for hydroxylation is 1. The fourth-order valence-electron chi connectivity index (χ4n) is 3.50. The second kappa shape index (κ2) is 4.47. The van der Waals surface area contributed by atoms with Gasteiger partial charge in [-0.2, -0.15) is 0 Å². The third-order valence-corrected chi connectivity index (χ3v) is 4.54. The number of fused-ring (bicyclic) bond motifs is 1. The average molecular weight is 275 g/mol. The van der Waals surface area contributed by atoms with Crippen LogP contribution in [0.1, 0.15) is 51.1 Å². The number of halogens is 1. The van der Waals surface area contributed by atoms with Gasteiger partial charge < -0.3 is 10.3 Å². The Morgan fingerprint density at radius 1 is 1.40 bits per heavy atom. The Balaban J connectivity index is 2.11. The number of hydrogen-bond donors (Lipinski definition) is 1. The molecular weight excluding hydrogens is 253 g/mol. The van der Waals surface area contributed by atoms with Gasteiger partial charge in [-0.3, -0.25) is 0 Å². The first-order chi connectivity index (χ1) is 9.37. The summed E-state index contributed by atoms with van der Waals surface area (Å²) in [5, 5.41) is 0. The van der Waals surface area contributed by atoms with E-state index in [1.165, 1.54) is 18.9 Å². The van der Waals surface area contributed by atoms with Crippen LogP contribution in [-0.4, -0.2) is 9.55 Å². The minimum absolute atomic E-state index is 0.217. The summed E-state index contributed by atoms with van der Waals surface area (Å²) in [5.74, 6) is 0.291. The molecule has 20 heavy (non-hydrogen) atoms. The van der Waals surface area contributed by atoms with Crippen LogP contribution < -0.4 is 5.73 Å². The summed E-state index contributed by atoms with van der Waals surface area (Å²) in [5.41, 5.74) is 8.71. The Morgan fingerprint density at radius 3 is 2.85 bits per heavy atom. The SMILES string of the molecule is Cc1cc2c(cc1F)nc(N)n2C1CCCC(C)(C)C1. The molecule has 0 spiro atoms. The Kier molecular flexibility index (Phi) is 3.00. The molecule has 0 aliphatic heterocycles. The van der Waals surface area contributed by atoms with Gasteiger partial charge in [0.25, 0.3) is 0 Å². The lowest BCUT2D eigenvalue weighted by molar-refractivity contribution is 0.187. The smallest absolute Gasteiger partial charge is 0.201 e. The van der Waals surface area contributed by atoms with Gasteiger partial charge in [0.1, 0.15) is 5.82 Å². The summed E-state index contributed by atoms with van der Waals surface area (Å²) < 4.78 is 15.8. The van der Waals surface area contributed by atoms with E-state index in [-0.39, 0.29) is 5.82 Å². The number of nitrogens with two attached hydrogens (primary N) is 1. The predicted octanol–water partition coefficient (Wildman–Crippen LogP) is 4.21. The van der Waals surface area contributed by atoms with Crippen LogP contribution >= 0.6 is 0 Å². The summed E-state index contributed by atoms with van der Waals surface area (Å²) in [6.07, 6.45) is 4.68. The van der Waals surface area contributed by atoms with E-state index in [1.54, 1.807) is 6.92 Å². The molecule has 4 heteroatoms. The minimum Gasteiger partial charge on any atom is -0.369 e. The molecule has 1 fully saturated rings. The van der Waals surface area contributed by atoms with E-state index in [2.05, 4.69) is 23.4 Å². The maximum absolute atomic E-state index is 13.7. The molecule has 1 heterocycles. The van der Waals surface area contributed by atoms with Crippen LogP contribution in [-0.2, 0) is 0 Å². The maximum Gasteiger partial charge on any atom is 0.201 e. The molecule has 1 unspecified atom stereocenters.